The number of nitrogens with zero attached hydrogens (tertiary/aromatic N) is 4. The van der Waals surface area contributed by atoms with E-state index < -0.39 is 0 Å². The van der Waals surface area contributed by atoms with Gasteiger partial charge in [0.25, 0.3) is 5.91 Å². The van der Waals surface area contributed by atoms with Gasteiger partial charge in [-0.25, -0.2) is 9.50 Å². The number of amides is 1. The Labute approximate surface area is 146 Å². The van der Waals surface area contributed by atoms with Crippen molar-refractivity contribution in [2.75, 3.05) is 6.54 Å². The number of carbonyl (C=O) groups excluding carboxylic acids is 1. The second kappa shape index (κ2) is 5.47. The van der Waals surface area contributed by atoms with E-state index in [2.05, 4.69) is 10.1 Å². The van der Waals surface area contributed by atoms with E-state index in [0.717, 1.165) is 15.6 Å². The first-order valence-corrected chi connectivity index (χ1v) is 8.70. The van der Waals surface area contributed by atoms with Crippen LogP contribution in [0.25, 0.3) is 5.65 Å². The molecule has 1 amide bonds. The standard InChI is InChI=1S/C15H12Cl2N4OS/c1-8-14-9(4-12(17)23-14)2-3-20(8)15(22)11-5-13-18-6-10(16)7-21(13)19-11/h4-8H,2-3H2,1H3. The molecule has 3 aromatic rings. The Balaban J connectivity index is 1.68. The summed E-state index contributed by atoms with van der Waals surface area (Å²) in [6, 6.07) is 3.67. The van der Waals surface area contributed by atoms with Gasteiger partial charge in [-0.15, -0.1) is 11.3 Å². The zero-order chi connectivity index (χ0) is 16.1. The molecule has 0 radical (unpaired) electrons. The van der Waals surface area contributed by atoms with Gasteiger partial charge >= 0.3 is 0 Å². The van der Waals surface area contributed by atoms with Crippen LogP contribution in [0.2, 0.25) is 9.36 Å². The van der Waals surface area contributed by atoms with E-state index in [-0.39, 0.29) is 11.9 Å². The van der Waals surface area contributed by atoms with E-state index in [0.29, 0.717) is 22.9 Å². The van der Waals surface area contributed by atoms with Crippen LogP contribution >= 0.6 is 34.5 Å². The minimum absolute atomic E-state index is 0.00916. The van der Waals surface area contributed by atoms with Crippen molar-refractivity contribution < 1.29 is 4.79 Å². The van der Waals surface area contributed by atoms with E-state index in [4.69, 9.17) is 23.2 Å². The molecule has 3 aromatic heterocycles. The molecule has 0 aromatic carbocycles. The van der Waals surface area contributed by atoms with Crippen LogP contribution in [0, 0.1) is 0 Å². The highest BCUT2D eigenvalue weighted by Crippen LogP contribution is 2.38. The second-order valence-corrected chi connectivity index (χ2v) is 7.62. The summed E-state index contributed by atoms with van der Waals surface area (Å²) in [5.41, 5.74) is 2.21. The number of rotatable bonds is 1. The van der Waals surface area contributed by atoms with E-state index >= 15 is 0 Å². The first-order valence-electron chi connectivity index (χ1n) is 7.13. The Morgan fingerprint density at radius 2 is 2.22 bits per heavy atom. The summed E-state index contributed by atoms with van der Waals surface area (Å²) in [5.74, 6) is -0.103. The van der Waals surface area contributed by atoms with Crippen LogP contribution in [0.15, 0.2) is 24.5 Å². The van der Waals surface area contributed by atoms with Crippen molar-refractivity contribution in [1.29, 1.82) is 0 Å². The monoisotopic (exact) mass is 366 g/mol. The number of carbonyl (C=O) groups is 1. The third-order valence-corrected chi connectivity index (χ3v) is 5.71. The van der Waals surface area contributed by atoms with Crippen LogP contribution < -0.4 is 0 Å². The number of hydrogen-bond donors (Lipinski definition) is 0. The Hall–Kier alpha value is -1.63. The molecule has 4 heterocycles. The molecule has 23 heavy (non-hydrogen) atoms. The largest absolute Gasteiger partial charge is 0.329 e. The third-order valence-electron chi connectivity index (χ3n) is 4.04. The number of hydrogen-bond acceptors (Lipinski definition) is 4. The van der Waals surface area contributed by atoms with Crippen LogP contribution in [-0.2, 0) is 6.42 Å². The average molecular weight is 367 g/mol. The van der Waals surface area contributed by atoms with Gasteiger partial charge < -0.3 is 4.90 Å². The average Bonchev–Trinajstić information content (AvgIpc) is 3.09. The molecule has 0 fully saturated rings. The lowest BCUT2D eigenvalue weighted by atomic mass is 10.0. The quantitative estimate of drug-likeness (QED) is 0.656. The maximum Gasteiger partial charge on any atom is 0.274 e. The maximum absolute atomic E-state index is 12.8. The molecule has 5 nitrogen and oxygen atoms in total. The highest BCUT2D eigenvalue weighted by Gasteiger charge is 2.31. The van der Waals surface area contributed by atoms with Crippen molar-refractivity contribution in [2.24, 2.45) is 0 Å². The highest BCUT2D eigenvalue weighted by molar-refractivity contribution is 7.16. The van der Waals surface area contributed by atoms with Gasteiger partial charge in [-0.05, 0) is 25.0 Å². The number of halogens is 2. The predicted octanol–water partition coefficient (Wildman–Crippen LogP) is 3.86. The molecular weight excluding hydrogens is 355 g/mol. The van der Waals surface area contributed by atoms with Gasteiger partial charge in [0.2, 0.25) is 0 Å². The minimum Gasteiger partial charge on any atom is -0.329 e. The topological polar surface area (TPSA) is 50.5 Å². The molecule has 0 N–H and O–H groups in total. The van der Waals surface area contributed by atoms with Crippen molar-refractivity contribution in [3.8, 4) is 0 Å². The molecule has 118 valence electrons. The molecule has 1 aliphatic heterocycles. The molecule has 1 unspecified atom stereocenters. The van der Waals surface area contributed by atoms with E-state index in [1.54, 1.807) is 12.3 Å². The number of fused-ring (bicyclic) bond motifs is 2. The zero-order valence-electron chi connectivity index (χ0n) is 12.2. The third kappa shape index (κ3) is 2.51. The molecule has 0 spiro atoms. The van der Waals surface area contributed by atoms with Crippen LogP contribution in [0.1, 0.15) is 33.9 Å². The summed E-state index contributed by atoms with van der Waals surface area (Å²) < 4.78 is 2.29. The highest BCUT2D eigenvalue weighted by atomic mass is 35.5. The molecule has 4 rings (SSSR count). The summed E-state index contributed by atoms with van der Waals surface area (Å²) in [6.07, 6.45) is 3.99. The Morgan fingerprint density at radius 1 is 1.39 bits per heavy atom. The van der Waals surface area contributed by atoms with Crippen molar-refractivity contribution in [3.63, 3.8) is 0 Å². The van der Waals surface area contributed by atoms with Gasteiger partial charge in [0.1, 0.15) is 0 Å². The summed E-state index contributed by atoms with van der Waals surface area (Å²) >= 11 is 13.6. The van der Waals surface area contributed by atoms with Crippen LogP contribution in [-0.4, -0.2) is 31.9 Å². The van der Waals surface area contributed by atoms with Gasteiger partial charge in [0, 0.05) is 23.7 Å². The minimum atomic E-state index is -0.103. The molecule has 1 aliphatic rings. The lowest BCUT2D eigenvalue weighted by Gasteiger charge is -2.32. The van der Waals surface area contributed by atoms with E-state index in [1.807, 2.05) is 17.9 Å². The second-order valence-electron chi connectivity index (χ2n) is 5.47. The first kappa shape index (κ1) is 14.9. The van der Waals surface area contributed by atoms with Gasteiger partial charge in [0.15, 0.2) is 11.3 Å². The fraction of sp³-hybridized carbons (Fsp3) is 0.267. The summed E-state index contributed by atoms with van der Waals surface area (Å²) in [5, 5.41) is 4.78. The van der Waals surface area contributed by atoms with Crippen molar-refractivity contribution in [3.05, 3.63) is 50.0 Å². The predicted molar refractivity (Wildman–Crippen MR) is 90.5 cm³/mol. The molecule has 0 aliphatic carbocycles. The maximum atomic E-state index is 12.8. The lowest BCUT2D eigenvalue weighted by molar-refractivity contribution is 0.0675. The van der Waals surface area contributed by atoms with Crippen LogP contribution in [0.4, 0.5) is 0 Å². The van der Waals surface area contributed by atoms with Crippen molar-refractivity contribution in [1.82, 2.24) is 19.5 Å². The van der Waals surface area contributed by atoms with Crippen molar-refractivity contribution >= 4 is 46.1 Å². The Morgan fingerprint density at radius 3 is 3.04 bits per heavy atom. The molecular formula is C15H12Cl2N4OS. The zero-order valence-corrected chi connectivity index (χ0v) is 14.5. The fourth-order valence-corrected chi connectivity index (χ4v) is 4.44. The van der Waals surface area contributed by atoms with Crippen LogP contribution in [0.3, 0.4) is 0 Å². The molecule has 0 saturated heterocycles. The molecule has 1 atom stereocenters. The van der Waals surface area contributed by atoms with Gasteiger partial charge in [-0.1, -0.05) is 23.2 Å². The Bertz CT molecular complexity index is 919. The normalized spacial score (nSPS) is 17.5. The van der Waals surface area contributed by atoms with Gasteiger partial charge in [-0.2, -0.15) is 5.10 Å². The Kier molecular flexibility index (Phi) is 3.55. The van der Waals surface area contributed by atoms with Gasteiger partial charge in [0.05, 0.1) is 21.6 Å². The first-order chi connectivity index (χ1) is 11.0. The van der Waals surface area contributed by atoms with Crippen LogP contribution in [0.5, 0.6) is 0 Å². The summed E-state index contributed by atoms with van der Waals surface area (Å²) in [6.45, 7) is 2.68. The smallest absolute Gasteiger partial charge is 0.274 e. The summed E-state index contributed by atoms with van der Waals surface area (Å²) in [4.78, 5) is 20.0. The number of aromatic nitrogens is 3. The SMILES string of the molecule is CC1c2sc(Cl)cc2CCN1C(=O)c1cc2ncc(Cl)cn2n1. The van der Waals surface area contributed by atoms with E-state index in [1.165, 1.54) is 27.6 Å². The number of thiophene rings is 1. The van der Waals surface area contributed by atoms with Crippen molar-refractivity contribution in [2.45, 2.75) is 19.4 Å². The molecule has 0 saturated carbocycles. The van der Waals surface area contributed by atoms with E-state index in [9.17, 15) is 4.79 Å². The molecule has 8 heteroatoms. The van der Waals surface area contributed by atoms with Gasteiger partial charge in [-0.3, -0.25) is 4.79 Å². The fourth-order valence-electron chi connectivity index (χ4n) is 2.92. The summed E-state index contributed by atoms with van der Waals surface area (Å²) in [7, 11) is 0. The molecule has 0 bridgehead atoms. The lowest BCUT2D eigenvalue weighted by Crippen LogP contribution is -2.38.